The van der Waals surface area contributed by atoms with Gasteiger partial charge in [-0.1, -0.05) is 23.4 Å². The van der Waals surface area contributed by atoms with Crippen LogP contribution in [0.2, 0.25) is 5.02 Å². The molecule has 1 atom stereocenters. The van der Waals surface area contributed by atoms with Gasteiger partial charge < -0.3 is 9.73 Å². The van der Waals surface area contributed by atoms with E-state index in [1.54, 1.807) is 42.1 Å². The molecule has 8 heteroatoms. The van der Waals surface area contributed by atoms with E-state index in [4.69, 9.17) is 16.0 Å². The van der Waals surface area contributed by atoms with E-state index in [9.17, 15) is 4.79 Å². The first kappa shape index (κ1) is 16.9. The first-order valence-corrected chi connectivity index (χ1v) is 8.77. The van der Waals surface area contributed by atoms with Crippen molar-refractivity contribution in [2.45, 2.75) is 37.3 Å². The fourth-order valence-electron chi connectivity index (χ4n) is 2.19. The maximum absolute atomic E-state index is 12.4. The third kappa shape index (κ3) is 3.57. The predicted molar refractivity (Wildman–Crippen MR) is 95.6 cm³/mol. The number of anilines is 1. The number of carbonyl (C=O) groups is 1. The van der Waals surface area contributed by atoms with E-state index in [0.29, 0.717) is 27.2 Å². The summed E-state index contributed by atoms with van der Waals surface area (Å²) in [5, 5.41) is 7.75. The van der Waals surface area contributed by atoms with Gasteiger partial charge in [0.2, 0.25) is 5.91 Å². The molecule has 0 bridgehead atoms. The summed E-state index contributed by atoms with van der Waals surface area (Å²) in [6.45, 7) is 5.81. The van der Waals surface area contributed by atoms with Crippen LogP contribution in [0.3, 0.4) is 0 Å². The average molecular weight is 365 g/mol. The molecule has 6 nitrogen and oxygen atoms in total. The summed E-state index contributed by atoms with van der Waals surface area (Å²) in [5.41, 5.74) is 1.32. The number of halogens is 1. The largest absolute Gasteiger partial charge is 0.431 e. The molecule has 0 radical (unpaired) electrons. The molecule has 0 aliphatic carbocycles. The average Bonchev–Trinajstić information content (AvgIpc) is 3.12. The van der Waals surface area contributed by atoms with E-state index in [-0.39, 0.29) is 17.2 Å². The Kier molecular flexibility index (Phi) is 4.82. The number of hydrogen-bond donors (Lipinski definition) is 1. The number of carbonyl (C=O) groups excluding carboxylic acids is 1. The van der Waals surface area contributed by atoms with Gasteiger partial charge in [0, 0.05) is 17.1 Å². The quantitative estimate of drug-likeness (QED) is 0.680. The molecule has 2 heterocycles. The Hall–Kier alpha value is -1.99. The first-order valence-electron chi connectivity index (χ1n) is 7.51. The summed E-state index contributed by atoms with van der Waals surface area (Å²) in [5.74, 6) is 0.537. The van der Waals surface area contributed by atoms with E-state index in [1.165, 1.54) is 11.8 Å². The standard InChI is InChI=1S/C16H17ClN4O2S/c1-9(2)21-14(6-7-18-21)20-15(22)10(3)24-16-19-12-8-11(17)4-5-13(12)23-16/h4-10H,1-3H3,(H,20,22). The van der Waals surface area contributed by atoms with Crippen molar-refractivity contribution >= 4 is 46.2 Å². The van der Waals surface area contributed by atoms with Crippen LogP contribution in [0.15, 0.2) is 40.1 Å². The molecule has 3 rings (SSSR count). The number of hydrogen-bond acceptors (Lipinski definition) is 5. The van der Waals surface area contributed by atoms with E-state index < -0.39 is 0 Å². The zero-order chi connectivity index (χ0) is 17.3. The van der Waals surface area contributed by atoms with Crippen molar-refractivity contribution in [1.29, 1.82) is 0 Å². The Labute approximate surface area is 148 Å². The molecule has 3 aromatic rings. The molecule has 0 spiro atoms. The van der Waals surface area contributed by atoms with Crippen LogP contribution in [0.5, 0.6) is 0 Å². The van der Waals surface area contributed by atoms with Crippen LogP contribution in [0.25, 0.3) is 11.1 Å². The molecular weight excluding hydrogens is 348 g/mol. The number of oxazole rings is 1. The third-order valence-corrected chi connectivity index (χ3v) is 4.57. The molecule has 1 amide bonds. The van der Waals surface area contributed by atoms with Gasteiger partial charge in [-0.15, -0.1) is 0 Å². The molecule has 24 heavy (non-hydrogen) atoms. The Morgan fingerprint density at radius 3 is 2.88 bits per heavy atom. The maximum atomic E-state index is 12.4. The van der Waals surface area contributed by atoms with Gasteiger partial charge >= 0.3 is 0 Å². The van der Waals surface area contributed by atoms with Crippen LogP contribution in [0.1, 0.15) is 26.8 Å². The normalized spacial score (nSPS) is 12.7. The number of nitrogens with zero attached hydrogens (tertiary/aromatic N) is 3. The molecule has 0 fully saturated rings. The minimum absolute atomic E-state index is 0.136. The second-order valence-corrected chi connectivity index (χ2v) is 7.32. The van der Waals surface area contributed by atoms with Crippen molar-refractivity contribution < 1.29 is 9.21 Å². The molecule has 126 valence electrons. The van der Waals surface area contributed by atoms with E-state index >= 15 is 0 Å². The summed E-state index contributed by atoms with van der Waals surface area (Å²) < 4.78 is 7.40. The van der Waals surface area contributed by atoms with Crippen molar-refractivity contribution in [3.8, 4) is 0 Å². The lowest BCUT2D eigenvalue weighted by Gasteiger charge is -2.13. The van der Waals surface area contributed by atoms with Crippen molar-refractivity contribution in [3.63, 3.8) is 0 Å². The highest BCUT2D eigenvalue weighted by molar-refractivity contribution is 8.00. The van der Waals surface area contributed by atoms with Gasteiger partial charge in [-0.3, -0.25) is 4.79 Å². The fourth-order valence-corrected chi connectivity index (χ4v) is 3.11. The van der Waals surface area contributed by atoms with Gasteiger partial charge in [0.15, 0.2) is 5.58 Å². The van der Waals surface area contributed by atoms with Crippen LogP contribution < -0.4 is 5.32 Å². The molecule has 1 unspecified atom stereocenters. The Morgan fingerprint density at radius 1 is 1.33 bits per heavy atom. The van der Waals surface area contributed by atoms with E-state index in [2.05, 4.69) is 15.4 Å². The van der Waals surface area contributed by atoms with Gasteiger partial charge in [0.05, 0.1) is 11.4 Å². The van der Waals surface area contributed by atoms with Gasteiger partial charge in [0.1, 0.15) is 11.3 Å². The Balaban J connectivity index is 1.70. The zero-order valence-corrected chi connectivity index (χ0v) is 15.1. The Bertz CT molecular complexity index is 874. The summed E-state index contributed by atoms with van der Waals surface area (Å²) in [6.07, 6.45) is 1.66. The number of amides is 1. The molecule has 0 aliphatic rings. The van der Waals surface area contributed by atoms with E-state index in [1.807, 2.05) is 13.8 Å². The number of thioether (sulfide) groups is 1. The number of nitrogens with one attached hydrogen (secondary N) is 1. The number of fused-ring (bicyclic) bond motifs is 1. The maximum Gasteiger partial charge on any atom is 0.257 e. The summed E-state index contributed by atoms with van der Waals surface area (Å²) >= 11 is 7.20. The van der Waals surface area contributed by atoms with Crippen LogP contribution in [-0.4, -0.2) is 25.9 Å². The molecular formula is C16H17ClN4O2S. The van der Waals surface area contributed by atoms with Crippen LogP contribution in [0, 0.1) is 0 Å². The third-order valence-electron chi connectivity index (χ3n) is 3.39. The molecule has 0 aliphatic heterocycles. The molecule has 1 aromatic carbocycles. The Morgan fingerprint density at radius 2 is 2.12 bits per heavy atom. The lowest BCUT2D eigenvalue weighted by Crippen LogP contribution is -2.24. The minimum Gasteiger partial charge on any atom is -0.431 e. The highest BCUT2D eigenvalue weighted by Gasteiger charge is 2.20. The van der Waals surface area contributed by atoms with E-state index in [0.717, 1.165) is 0 Å². The summed E-state index contributed by atoms with van der Waals surface area (Å²) in [4.78, 5) is 16.7. The smallest absolute Gasteiger partial charge is 0.257 e. The predicted octanol–water partition coefficient (Wildman–Crippen LogP) is 4.38. The second kappa shape index (κ2) is 6.86. The highest BCUT2D eigenvalue weighted by Crippen LogP contribution is 2.28. The molecule has 2 aromatic heterocycles. The van der Waals surface area contributed by atoms with Crippen LogP contribution in [0.4, 0.5) is 5.82 Å². The number of benzene rings is 1. The van der Waals surface area contributed by atoms with Gasteiger partial charge in [-0.05, 0) is 39.0 Å². The lowest BCUT2D eigenvalue weighted by molar-refractivity contribution is -0.115. The SMILES string of the molecule is CC(Sc1nc2cc(Cl)ccc2o1)C(=O)Nc1ccnn1C(C)C. The number of rotatable bonds is 5. The van der Waals surface area contributed by atoms with Gasteiger partial charge in [0.25, 0.3) is 5.22 Å². The summed E-state index contributed by atoms with van der Waals surface area (Å²) in [7, 11) is 0. The second-order valence-electron chi connectivity index (χ2n) is 5.60. The van der Waals surface area contributed by atoms with Crippen LogP contribution >= 0.6 is 23.4 Å². The topological polar surface area (TPSA) is 73.0 Å². The first-order chi connectivity index (χ1) is 11.4. The monoisotopic (exact) mass is 364 g/mol. The van der Waals surface area contributed by atoms with Crippen molar-refractivity contribution in [2.75, 3.05) is 5.32 Å². The zero-order valence-electron chi connectivity index (χ0n) is 13.5. The lowest BCUT2D eigenvalue weighted by atomic mass is 10.3. The number of aromatic nitrogens is 3. The van der Waals surface area contributed by atoms with Crippen molar-refractivity contribution in [2.24, 2.45) is 0 Å². The van der Waals surface area contributed by atoms with Gasteiger partial charge in [-0.25, -0.2) is 9.67 Å². The van der Waals surface area contributed by atoms with Crippen molar-refractivity contribution in [3.05, 3.63) is 35.5 Å². The molecule has 0 saturated carbocycles. The highest BCUT2D eigenvalue weighted by atomic mass is 35.5. The van der Waals surface area contributed by atoms with Crippen LogP contribution in [-0.2, 0) is 4.79 Å². The summed E-state index contributed by atoms with van der Waals surface area (Å²) in [6, 6.07) is 7.18. The fraction of sp³-hybridized carbons (Fsp3) is 0.312. The minimum atomic E-state index is -0.371. The van der Waals surface area contributed by atoms with Crippen molar-refractivity contribution in [1.82, 2.24) is 14.8 Å². The molecule has 0 saturated heterocycles. The molecule has 1 N–H and O–H groups in total. The van der Waals surface area contributed by atoms with Gasteiger partial charge in [-0.2, -0.15) is 5.10 Å².